The second-order valence-corrected chi connectivity index (χ2v) is 5.21. The monoisotopic (exact) mass is 277 g/mol. The molecule has 0 radical (unpaired) electrons. The Kier molecular flexibility index (Phi) is 3.64. The SMILES string of the molecule is O=S(=O)(O)c1ccc(O)c(C=Nc2ccccc2)c1. The van der Waals surface area contributed by atoms with Crippen LogP contribution in [0.2, 0.25) is 0 Å². The smallest absolute Gasteiger partial charge is 0.294 e. The third-order valence-corrected chi connectivity index (χ3v) is 3.26. The van der Waals surface area contributed by atoms with E-state index >= 15 is 0 Å². The molecule has 0 saturated heterocycles. The van der Waals surface area contributed by atoms with Crippen molar-refractivity contribution in [3.05, 3.63) is 54.1 Å². The van der Waals surface area contributed by atoms with Crippen molar-refractivity contribution in [1.82, 2.24) is 0 Å². The van der Waals surface area contributed by atoms with E-state index in [1.165, 1.54) is 12.3 Å². The number of nitrogens with zero attached hydrogens (tertiary/aromatic N) is 1. The van der Waals surface area contributed by atoms with E-state index in [9.17, 15) is 13.5 Å². The van der Waals surface area contributed by atoms with Crippen molar-refractivity contribution >= 4 is 22.0 Å². The van der Waals surface area contributed by atoms with Crippen LogP contribution in [0.25, 0.3) is 0 Å². The van der Waals surface area contributed by atoms with E-state index in [2.05, 4.69) is 4.99 Å². The van der Waals surface area contributed by atoms with Gasteiger partial charge in [0, 0.05) is 11.8 Å². The molecule has 0 unspecified atom stereocenters. The van der Waals surface area contributed by atoms with Crippen LogP contribution in [0.3, 0.4) is 0 Å². The van der Waals surface area contributed by atoms with Gasteiger partial charge in [0.05, 0.1) is 10.6 Å². The Hall–Kier alpha value is -2.18. The van der Waals surface area contributed by atoms with Crippen molar-refractivity contribution in [1.29, 1.82) is 0 Å². The van der Waals surface area contributed by atoms with Crippen LogP contribution < -0.4 is 0 Å². The van der Waals surface area contributed by atoms with E-state index < -0.39 is 10.1 Å². The zero-order valence-electron chi connectivity index (χ0n) is 9.76. The minimum absolute atomic E-state index is 0.118. The summed E-state index contributed by atoms with van der Waals surface area (Å²) in [5.74, 6) is -0.118. The van der Waals surface area contributed by atoms with Crippen LogP contribution in [0.5, 0.6) is 5.75 Å². The molecule has 0 bridgehead atoms. The second-order valence-electron chi connectivity index (χ2n) is 3.79. The van der Waals surface area contributed by atoms with E-state index in [1.54, 1.807) is 24.3 Å². The first-order chi connectivity index (χ1) is 8.97. The lowest BCUT2D eigenvalue weighted by Crippen LogP contribution is -1.98. The van der Waals surface area contributed by atoms with Gasteiger partial charge in [0.25, 0.3) is 10.1 Å². The molecule has 0 amide bonds. The summed E-state index contributed by atoms with van der Waals surface area (Å²) >= 11 is 0. The summed E-state index contributed by atoms with van der Waals surface area (Å²) in [4.78, 5) is 3.81. The molecule has 0 spiro atoms. The highest BCUT2D eigenvalue weighted by Gasteiger charge is 2.11. The predicted octanol–water partition coefficient (Wildman–Crippen LogP) is 2.39. The quantitative estimate of drug-likeness (QED) is 0.666. The Morgan fingerprint density at radius 3 is 2.37 bits per heavy atom. The Morgan fingerprint density at radius 2 is 1.74 bits per heavy atom. The van der Waals surface area contributed by atoms with E-state index in [0.29, 0.717) is 5.69 Å². The number of aliphatic imine (C=N–C) groups is 1. The van der Waals surface area contributed by atoms with Gasteiger partial charge in [-0.1, -0.05) is 18.2 Å². The summed E-state index contributed by atoms with van der Waals surface area (Å²) in [6.07, 6.45) is 1.33. The van der Waals surface area contributed by atoms with Crippen LogP contribution in [-0.2, 0) is 10.1 Å². The lowest BCUT2D eigenvalue weighted by Gasteiger charge is -2.01. The van der Waals surface area contributed by atoms with Gasteiger partial charge in [-0.2, -0.15) is 8.42 Å². The number of hydrogen-bond acceptors (Lipinski definition) is 4. The maximum Gasteiger partial charge on any atom is 0.294 e. The van der Waals surface area contributed by atoms with E-state index in [-0.39, 0.29) is 16.2 Å². The molecule has 0 saturated carbocycles. The van der Waals surface area contributed by atoms with Crippen molar-refractivity contribution in [3.8, 4) is 5.75 Å². The van der Waals surface area contributed by atoms with Crippen LogP contribution in [-0.4, -0.2) is 24.3 Å². The van der Waals surface area contributed by atoms with E-state index in [4.69, 9.17) is 4.55 Å². The molecule has 5 nitrogen and oxygen atoms in total. The molecule has 2 rings (SSSR count). The first kappa shape index (κ1) is 13.3. The third kappa shape index (κ3) is 3.40. The van der Waals surface area contributed by atoms with Crippen LogP contribution in [0.4, 0.5) is 5.69 Å². The number of phenolic OH excluding ortho intramolecular Hbond substituents is 1. The van der Waals surface area contributed by atoms with Crippen LogP contribution >= 0.6 is 0 Å². The Labute approximate surface area is 110 Å². The van der Waals surface area contributed by atoms with Gasteiger partial charge in [-0.25, -0.2) is 0 Å². The normalized spacial score (nSPS) is 11.8. The van der Waals surface area contributed by atoms with Crippen molar-refractivity contribution in [2.75, 3.05) is 0 Å². The molecule has 0 aliphatic rings. The Balaban J connectivity index is 2.38. The molecule has 0 aliphatic carbocycles. The predicted molar refractivity (Wildman–Crippen MR) is 71.6 cm³/mol. The summed E-state index contributed by atoms with van der Waals surface area (Å²) in [5, 5.41) is 9.61. The minimum atomic E-state index is -4.30. The van der Waals surface area contributed by atoms with Crippen molar-refractivity contribution < 1.29 is 18.1 Å². The topological polar surface area (TPSA) is 87.0 Å². The van der Waals surface area contributed by atoms with Gasteiger partial charge >= 0.3 is 0 Å². The van der Waals surface area contributed by atoms with Gasteiger partial charge in [0.15, 0.2) is 0 Å². The summed E-state index contributed by atoms with van der Waals surface area (Å²) in [6.45, 7) is 0. The first-order valence-electron chi connectivity index (χ1n) is 5.36. The highest BCUT2D eigenvalue weighted by atomic mass is 32.2. The average molecular weight is 277 g/mol. The van der Waals surface area contributed by atoms with Gasteiger partial charge in [-0.05, 0) is 30.3 Å². The zero-order chi connectivity index (χ0) is 13.9. The van der Waals surface area contributed by atoms with Gasteiger partial charge in [0.1, 0.15) is 5.75 Å². The summed E-state index contributed by atoms with van der Waals surface area (Å²) < 4.78 is 30.9. The van der Waals surface area contributed by atoms with Gasteiger partial charge in [0.2, 0.25) is 0 Å². The largest absolute Gasteiger partial charge is 0.507 e. The van der Waals surface area contributed by atoms with Crippen LogP contribution in [0.1, 0.15) is 5.56 Å². The maximum absolute atomic E-state index is 11.0. The number of hydrogen-bond donors (Lipinski definition) is 2. The van der Waals surface area contributed by atoms with Crippen molar-refractivity contribution in [2.24, 2.45) is 4.99 Å². The molecule has 2 aromatic carbocycles. The summed E-state index contributed by atoms with van der Waals surface area (Å²) in [6, 6.07) is 12.4. The highest BCUT2D eigenvalue weighted by molar-refractivity contribution is 7.85. The number of phenols is 1. The molecule has 0 fully saturated rings. The number of para-hydroxylation sites is 1. The van der Waals surface area contributed by atoms with Gasteiger partial charge in [-0.15, -0.1) is 0 Å². The first-order valence-corrected chi connectivity index (χ1v) is 6.80. The van der Waals surface area contributed by atoms with Gasteiger partial charge in [-0.3, -0.25) is 9.55 Å². The molecular formula is C13H11NO4S. The summed E-state index contributed by atoms with van der Waals surface area (Å²) in [5.41, 5.74) is 0.873. The van der Waals surface area contributed by atoms with Gasteiger partial charge < -0.3 is 5.11 Å². The lowest BCUT2D eigenvalue weighted by molar-refractivity contribution is 0.472. The number of rotatable bonds is 3. The highest BCUT2D eigenvalue weighted by Crippen LogP contribution is 2.20. The maximum atomic E-state index is 11.0. The molecule has 0 heterocycles. The summed E-state index contributed by atoms with van der Waals surface area (Å²) in [7, 11) is -4.30. The minimum Gasteiger partial charge on any atom is -0.507 e. The number of benzene rings is 2. The molecule has 2 aromatic rings. The number of aromatic hydroxyl groups is 1. The third-order valence-electron chi connectivity index (χ3n) is 2.41. The van der Waals surface area contributed by atoms with E-state index in [0.717, 1.165) is 12.1 Å². The molecule has 2 N–H and O–H groups in total. The molecular weight excluding hydrogens is 266 g/mol. The van der Waals surface area contributed by atoms with Crippen LogP contribution in [0.15, 0.2) is 58.4 Å². The molecule has 6 heteroatoms. The fraction of sp³-hybridized carbons (Fsp3) is 0. The Morgan fingerprint density at radius 1 is 1.05 bits per heavy atom. The molecule has 0 aliphatic heterocycles. The van der Waals surface area contributed by atoms with Crippen molar-refractivity contribution in [2.45, 2.75) is 4.90 Å². The fourth-order valence-electron chi connectivity index (χ4n) is 1.45. The molecule has 98 valence electrons. The average Bonchev–Trinajstić information content (AvgIpc) is 2.37. The van der Waals surface area contributed by atoms with E-state index in [1.807, 2.05) is 6.07 Å². The second kappa shape index (κ2) is 5.21. The van der Waals surface area contributed by atoms with Crippen molar-refractivity contribution in [3.63, 3.8) is 0 Å². The molecule has 19 heavy (non-hydrogen) atoms. The molecule has 0 atom stereocenters. The molecule has 0 aromatic heterocycles. The lowest BCUT2D eigenvalue weighted by atomic mass is 10.2. The fourth-order valence-corrected chi connectivity index (χ4v) is 1.97. The zero-order valence-corrected chi connectivity index (χ0v) is 10.6. The van der Waals surface area contributed by atoms with Crippen LogP contribution in [0, 0.1) is 0 Å². The Bertz CT molecular complexity index is 709. The standard InChI is InChI=1S/C13H11NO4S/c15-13-7-6-12(19(16,17)18)8-10(13)9-14-11-4-2-1-3-5-11/h1-9,15H,(H,16,17,18).